The van der Waals surface area contributed by atoms with Gasteiger partial charge >= 0.3 is 5.69 Å². The first-order valence-corrected chi connectivity index (χ1v) is 6.94. The molecule has 0 saturated heterocycles. The monoisotopic (exact) mass is 281 g/mol. The quantitative estimate of drug-likeness (QED) is 0.676. The average molecular weight is 281 g/mol. The third-order valence-corrected chi connectivity index (χ3v) is 3.83. The van der Waals surface area contributed by atoms with Gasteiger partial charge in [-0.05, 0) is 29.3 Å². The molecule has 2 aromatic carbocycles. The van der Waals surface area contributed by atoms with Crippen LogP contribution in [0.3, 0.4) is 0 Å². The molecule has 1 aromatic heterocycles. The molecule has 1 aliphatic heterocycles. The topological polar surface area (TPSA) is 69.9 Å². The summed E-state index contributed by atoms with van der Waals surface area (Å²) in [7, 11) is 0. The minimum atomic E-state index is -0.187. The summed E-state index contributed by atoms with van der Waals surface area (Å²) in [6.07, 6.45) is 0. The number of benzene rings is 2. The number of nitrogens with one attached hydrogen (secondary N) is 3. The molecular formula is C16H15N3O2. The van der Waals surface area contributed by atoms with Gasteiger partial charge in [-0.1, -0.05) is 24.3 Å². The second-order valence-electron chi connectivity index (χ2n) is 5.25. The van der Waals surface area contributed by atoms with Crippen molar-refractivity contribution in [3.05, 3.63) is 64.1 Å². The predicted octanol–water partition coefficient (Wildman–Crippen LogP) is 2.54. The van der Waals surface area contributed by atoms with Crippen LogP contribution in [-0.4, -0.2) is 16.6 Å². The van der Waals surface area contributed by atoms with Gasteiger partial charge in [0.25, 0.3) is 0 Å². The molecule has 106 valence electrons. The van der Waals surface area contributed by atoms with Crippen molar-refractivity contribution in [3.8, 4) is 0 Å². The Kier molecular flexibility index (Phi) is 2.79. The van der Waals surface area contributed by atoms with E-state index >= 15 is 0 Å². The number of rotatable bonds is 2. The van der Waals surface area contributed by atoms with Crippen molar-refractivity contribution in [1.82, 2.24) is 9.97 Å². The lowest BCUT2D eigenvalue weighted by atomic mass is 9.99. The molecule has 0 saturated carbocycles. The Balaban J connectivity index is 1.67. The summed E-state index contributed by atoms with van der Waals surface area (Å²) in [6.45, 7) is 1.30. The highest BCUT2D eigenvalue weighted by Crippen LogP contribution is 2.28. The van der Waals surface area contributed by atoms with Crippen molar-refractivity contribution in [2.45, 2.75) is 12.6 Å². The van der Waals surface area contributed by atoms with Gasteiger partial charge in [0, 0.05) is 5.69 Å². The van der Waals surface area contributed by atoms with Gasteiger partial charge in [0.15, 0.2) is 0 Å². The summed E-state index contributed by atoms with van der Waals surface area (Å²) < 4.78 is 5.65. The lowest BCUT2D eigenvalue weighted by Crippen LogP contribution is -2.23. The van der Waals surface area contributed by atoms with Crippen LogP contribution in [0.25, 0.3) is 11.0 Å². The van der Waals surface area contributed by atoms with Gasteiger partial charge in [0.1, 0.15) is 0 Å². The Labute approximate surface area is 121 Å². The summed E-state index contributed by atoms with van der Waals surface area (Å²) in [5.41, 5.74) is 4.88. The number of imidazole rings is 1. The van der Waals surface area contributed by atoms with Crippen LogP contribution in [0.2, 0.25) is 0 Å². The minimum absolute atomic E-state index is 0.123. The van der Waals surface area contributed by atoms with Gasteiger partial charge in [-0.2, -0.15) is 0 Å². The molecule has 5 nitrogen and oxygen atoms in total. The number of fused-ring (bicyclic) bond motifs is 2. The maximum atomic E-state index is 11.3. The molecule has 1 unspecified atom stereocenters. The highest BCUT2D eigenvalue weighted by Gasteiger charge is 2.20. The van der Waals surface area contributed by atoms with Crippen molar-refractivity contribution < 1.29 is 4.74 Å². The lowest BCUT2D eigenvalue weighted by Gasteiger charge is -2.27. The first kappa shape index (κ1) is 12.2. The SMILES string of the molecule is O=c1[nH]c2ccc(NC3COCc4ccccc43)cc2[nH]1. The van der Waals surface area contributed by atoms with Crippen LogP contribution in [0.4, 0.5) is 5.69 Å². The van der Waals surface area contributed by atoms with Crippen LogP contribution >= 0.6 is 0 Å². The van der Waals surface area contributed by atoms with Gasteiger partial charge in [-0.3, -0.25) is 0 Å². The van der Waals surface area contributed by atoms with Crippen LogP contribution in [0.15, 0.2) is 47.3 Å². The number of H-pyrrole nitrogens is 2. The molecule has 5 heteroatoms. The van der Waals surface area contributed by atoms with E-state index in [1.165, 1.54) is 11.1 Å². The van der Waals surface area contributed by atoms with Crippen molar-refractivity contribution in [2.24, 2.45) is 0 Å². The summed E-state index contributed by atoms with van der Waals surface area (Å²) in [5, 5.41) is 3.48. The van der Waals surface area contributed by atoms with Crippen LogP contribution in [-0.2, 0) is 11.3 Å². The fourth-order valence-electron chi connectivity index (χ4n) is 2.83. The Hall–Kier alpha value is -2.53. The van der Waals surface area contributed by atoms with Crippen molar-refractivity contribution in [2.75, 3.05) is 11.9 Å². The Bertz CT molecular complexity index is 850. The number of aromatic amines is 2. The Morgan fingerprint density at radius 1 is 1.10 bits per heavy atom. The molecule has 3 N–H and O–H groups in total. The highest BCUT2D eigenvalue weighted by atomic mass is 16.5. The largest absolute Gasteiger partial charge is 0.376 e. The number of aromatic nitrogens is 2. The zero-order chi connectivity index (χ0) is 14.2. The third kappa shape index (κ3) is 2.21. The summed E-state index contributed by atoms with van der Waals surface area (Å²) in [6, 6.07) is 14.2. The van der Waals surface area contributed by atoms with Crippen molar-refractivity contribution in [1.29, 1.82) is 0 Å². The van der Waals surface area contributed by atoms with Crippen LogP contribution in [0.5, 0.6) is 0 Å². The van der Waals surface area contributed by atoms with Crippen LogP contribution < -0.4 is 11.0 Å². The average Bonchev–Trinajstić information content (AvgIpc) is 2.87. The zero-order valence-corrected chi connectivity index (χ0v) is 11.3. The van der Waals surface area contributed by atoms with Crippen LogP contribution in [0, 0.1) is 0 Å². The lowest BCUT2D eigenvalue weighted by molar-refractivity contribution is 0.0970. The van der Waals surface area contributed by atoms with E-state index in [-0.39, 0.29) is 11.7 Å². The second-order valence-corrected chi connectivity index (χ2v) is 5.25. The van der Waals surface area contributed by atoms with Crippen molar-refractivity contribution >= 4 is 16.7 Å². The van der Waals surface area contributed by atoms with Gasteiger partial charge in [-0.25, -0.2) is 4.79 Å². The molecule has 4 rings (SSSR count). The van der Waals surface area contributed by atoms with E-state index in [1.54, 1.807) is 0 Å². The minimum Gasteiger partial charge on any atom is -0.376 e. The maximum absolute atomic E-state index is 11.3. The molecule has 1 atom stereocenters. The summed E-state index contributed by atoms with van der Waals surface area (Å²) in [4.78, 5) is 16.8. The standard InChI is InChI=1S/C16H15N3O2/c20-16-18-13-6-5-11(7-14(13)19-16)17-15-9-21-8-10-3-1-2-4-12(10)15/h1-7,15,17H,8-9H2,(H2,18,19,20). The fourth-order valence-corrected chi connectivity index (χ4v) is 2.83. The van der Waals surface area contributed by atoms with E-state index in [9.17, 15) is 4.79 Å². The summed E-state index contributed by atoms with van der Waals surface area (Å²) in [5.74, 6) is 0. The van der Waals surface area contributed by atoms with E-state index in [0.29, 0.717) is 13.2 Å². The molecule has 0 bridgehead atoms. The van der Waals surface area contributed by atoms with Gasteiger partial charge in [0.2, 0.25) is 0 Å². The fraction of sp³-hybridized carbons (Fsp3) is 0.188. The molecule has 0 fully saturated rings. The Morgan fingerprint density at radius 2 is 1.95 bits per heavy atom. The zero-order valence-electron chi connectivity index (χ0n) is 11.3. The molecule has 3 aromatic rings. The maximum Gasteiger partial charge on any atom is 0.323 e. The number of ether oxygens (including phenoxy) is 1. The second kappa shape index (κ2) is 4.79. The number of hydrogen-bond acceptors (Lipinski definition) is 3. The number of anilines is 1. The van der Waals surface area contributed by atoms with Crippen molar-refractivity contribution in [3.63, 3.8) is 0 Å². The van der Waals surface area contributed by atoms with E-state index in [4.69, 9.17) is 4.74 Å². The van der Waals surface area contributed by atoms with Gasteiger partial charge in [0.05, 0.1) is 30.3 Å². The molecule has 0 radical (unpaired) electrons. The predicted molar refractivity (Wildman–Crippen MR) is 81.4 cm³/mol. The molecule has 21 heavy (non-hydrogen) atoms. The van der Waals surface area contributed by atoms with Gasteiger partial charge < -0.3 is 20.0 Å². The van der Waals surface area contributed by atoms with E-state index in [0.717, 1.165) is 16.7 Å². The van der Waals surface area contributed by atoms with Gasteiger partial charge in [-0.15, -0.1) is 0 Å². The third-order valence-electron chi connectivity index (χ3n) is 3.83. The molecule has 1 aliphatic rings. The van der Waals surface area contributed by atoms with E-state index in [1.807, 2.05) is 30.3 Å². The molecule has 0 spiro atoms. The molecule has 0 amide bonds. The highest BCUT2D eigenvalue weighted by molar-refractivity contribution is 5.78. The molecular weight excluding hydrogens is 266 g/mol. The van der Waals surface area contributed by atoms with Crippen LogP contribution in [0.1, 0.15) is 17.2 Å². The Morgan fingerprint density at radius 3 is 2.90 bits per heavy atom. The van der Waals surface area contributed by atoms with E-state index < -0.39 is 0 Å². The summed E-state index contributed by atoms with van der Waals surface area (Å²) >= 11 is 0. The number of hydrogen-bond donors (Lipinski definition) is 3. The van der Waals surface area contributed by atoms with E-state index in [2.05, 4.69) is 27.4 Å². The normalized spacial score (nSPS) is 17.6. The molecule has 0 aliphatic carbocycles. The first-order chi connectivity index (χ1) is 10.3. The first-order valence-electron chi connectivity index (χ1n) is 6.94. The smallest absolute Gasteiger partial charge is 0.323 e. The molecule has 2 heterocycles.